The number of anilines is 2. The van der Waals surface area contributed by atoms with Gasteiger partial charge in [0.2, 0.25) is 0 Å². The minimum Gasteiger partial charge on any atom is -0.490 e. The Balaban J connectivity index is 1.44. The average Bonchev–Trinajstić information content (AvgIpc) is 3.15. The Hall–Kier alpha value is -2.78. The van der Waals surface area contributed by atoms with Crippen molar-refractivity contribution in [1.82, 2.24) is 0 Å². The number of rotatable bonds is 5. The molecule has 2 aromatic carbocycles. The summed E-state index contributed by atoms with van der Waals surface area (Å²) in [6.45, 7) is 1.61. The van der Waals surface area contributed by atoms with Crippen LogP contribution in [0.3, 0.4) is 0 Å². The first-order chi connectivity index (χ1) is 14.0. The summed E-state index contributed by atoms with van der Waals surface area (Å²) in [6, 6.07) is 11.0. The molecular formula is C20H22N2O6S. The van der Waals surface area contributed by atoms with Crippen LogP contribution in [0.15, 0.2) is 47.4 Å². The van der Waals surface area contributed by atoms with Crippen molar-refractivity contribution in [2.45, 2.75) is 30.3 Å². The summed E-state index contributed by atoms with van der Waals surface area (Å²) >= 11 is 0. The van der Waals surface area contributed by atoms with Gasteiger partial charge in [0, 0.05) is 30.5 Å². The van der Waals surface area contributed by atoms with Gasteiger partial charge in [-0.05, 0) is 49.2 Å². The minimum atomic E-state index is -3.80. The van der Waals surface area contributed by atoms with E-state index >= 15 is 0 Å². The maximum atomic E-state index is 12.7. The van der Waals surface area contributed by atoms with Crippen molar-refractivity contribution in [3.63, 3.8) is 0 Å². The van der Waals surface area contributed by atoms with Gasteiger partial charge in [-0.3, -0.25) is 9.52 Å². The third kappa shape index (κ3) is 4.63. The quantitative estimate of drug-likeness (QED) is 0.774. The molecule has 2 N–H and O–H groups in total. The van der Waals surface area contributed by atoms with E-state index in [0.717, 1.165) is 12.8 Å². The van der Waals surface area contributed by atoms with Crippen LogP contribution in [0, 0.1) is 0 Å². The fraction of sp³-hybridized carbons (Fsp3) is 0.350. The molecule has 1 fully saturated rings. The molecule has 2 aromatic rings. The van der Waals surface area contributed by atoms with Crippen molar-refractivity contribution in [2.75, 3.05) is 29.9 Å². The lowest BCUT2D eigenvalue weighted by atomic mass is 10.2. The summed E-state index contributed by atoms with van der Waals surface area (Å²) in [4.78, 5) is 12.2. The van der Waals surface area contributed by atoms with Gasteiger partial charge >= 0.3 is 0 Å². The smallest absolute Gasteiger partial charge is 0.262 e. The number of benzene rings is 2. The predicted octanol–water partition coefficient (Wildman–Crippen LogP) is 2.77. The van der Waals surface area contributed by atoms with Crippen LogP contribution in [0.25, 0.3) is 0 Å². The molecule has 4 rings (SSSR count). The van der Waals surface area contributed by atoms with Gasteiger partial charge in [-0.1, -0.05) is 0 Å². The second kappa shape index (κ2) is 8.30. The first kappa shape index (κ1) is 19.5. The number of nitrogens with one attached hydrogen (secondary N) is 2. The number of carbonyl (C=O) groups is 1. The van der Waals surface area contributed by atoms with Crippen molar-refractivity contribution in [3.05, 3.63) is 42.5 Å². The summed E-state index contributed by atoms with van der Waals surface area (Å²) in [5, 5.41) is 2.77. The van der Waals surface area contributed by atoms with E-state index in [9.17, 15) is 13.2 Å². The van der Waals surface area contributed by atoms with E-state index in [1.54, 1.807) is 30.3 Å². The van der Waals surface area contributed by atoms with Gasteiger partial charge in [0.1, 0.15) is 6.10 Å². The van der Waals surface area contributed by atoms with Crippen LogP contribution in [0.4, 0.5) is 11.4 Å². The average molecular weight is 418 g/mol. The maximum absolute atomic E-state index is 12.7. The van der Waals surface area contributed by atoms with Crippen molar-refractivity contribution >= 4 is 27.3 Å². The van der Waals surface area contributed by atoms with Gasteiger partial charge in [-0.2, -0.15) is 0 Å². The Morgan fingerprint density at radius 3 is 2.34 bits per heavy atom. The highest BCUT2D eigenvalue weighted by atomic mass is 32.2. The van der Waals surface area contributed by atoms with E-state index in [0.29, 0.717) is 49.1 Å². The van der Waals surface area contributed by atoms with Crippen molar-refractivity contribution in [3.8, 4) is 11.5 Å². The number of hydrogen-bond donors (Lipinski definition) is 2. The molecule has 0 bridgehead atoms. The van der Waals surface area contributed by atoms with Crippen molar-refractivity contribution in [1.29, 1.82) is 0 Å². The largest absolute Gasteiger partial charge is 0.490 e. The fourth-order valence-corrected chi connectivity index (χ4v) is 4.23. The first-order valence-electron chi connectivity index (χ1n) is 9.46. The monoisotopic (exact) mass is 418 g/mol. The molecule has 0 saturated carbocycles. The van der Waals surface area contributed by atoms with Crippen molar-refractivity contribution < 1.29 is 27.4 Å². The van der Waals surface area contributed by atoms with E-state index in [4.69, 9.17) is 14.2 Å². The molecule has 8 nitrogen and oxygen atoms in total. The van der Waals surface area contributed by atoms with Gasteiger partial charge in [0.25, 0.3) is 15.9 Å². The second-order valence-electron chi connectivity index (χ2n) is 6.83. The molecule has 29 heavy (non-hydrogen) atoms. The lowest BCUT2D eigenvalue weighted by Crippen LogP contribution is -2.26. The molecule has 0 aliphatic carbocycles. The Morgan fingerprint density at radius 2 is 1.62 bits per heavy atom. The second-order valence-corrected chi connectivity index (χ2v) is 8.52. The van der Waals surface area contributed by atoms with Crippen LogP contribution in [-0.4, -0.2) is 40.2 Å². The molecule has 0 radical (unpaired) electrons. The van der Waals surface area contributed by atoms with Crippen LogP contribution >= 0.6 is 0 Å². The van der Waals surface area contributed by atoms with Crippen LogP contribution in [0.1, 0.15) is 19.3 Å². The summed E-state index contributed by atoms with van der Waals surface area (Å²) in [5.74, 6) is 0.758. The zero-order chi connectivity index (χ0) is 20.3. The lowest BCUT2D eigenvalue weighted by molar-refractivity contribution is -0.124. The third-order valence-electron chi connectivity index (χ3n) is 4.66. The highest BCUT2D eigenvalue weighted by Crippen LogP contribution is 2.32. The van der Waals surface area contributed by atoms with Crippen molar-refractivity contribution in [2.24, 2.45) is 0 Å². The number of fused-ring (bicyclic) bond motifs is 1. The number of amides is 1. The molecule has 1 saturated heterocycles. The van der Waals surface area contributed by atoms with Crippen LogP contribution in [0.2, 0.25) is 0 Å². The van der Waals surface area contributed by atoms with Gasteiger partial charge in [-0.15, -0.1) is 0 Å². The molecular weight excluding hydrogens is 396 g/mol. The summed E-state index contributed by atoms with van der Waals surface area (Å²) in [5.41, 5.74) is 0.955. The van der Waals surface area contributed by atoms with Crippen LogP contribution < -0.4 is 19.5 Å². The number of hydrogen-bond acceptors (Lipinski definition) is 6. The molecule has 0 aromatic heterocycles. The summed E-state index contributed by atoms with van der Waals surface area (Å²) in [7, 11) is -3.80. The Labute approximate surface area is 169 Å². The highest BCUT2D eigenvalue weighted by molar-refractivity contribution is 7.92. The van der Waals surface area contributed by atoms with Gasteiger partial charge < -0.3 is 19.5 Å². The van der Waals surface area contributed by atoms with E-state index < -0.39 is 16.1 Å². The van der Waals surface area contributed by atoms with E-state index in [2.05, 4.69) is 10.0 Å². The topological polar surface area (TPSA) is 103 Å². The number of carbonyl (C=O) groups excluding carboxylic acids is 1. The van der Waals surface area contributed by atoms with Crippen LogP contribution in [0.5, 0.6) is 11.5 Å². The summed E-state index contributed by atoms with van der Waals surface area (Å²) in [6.07, 6.45) is 1.90. The molecule has 2 aliphatic heterocycles. The Bertz CT molecular complexity index is 985. The van der Waals surface area contributed by atoms with E-state index in [1.165, 1.54) is 12.1 Å². The highest BCUT2D eigenvalue weighted by Gasteiger charge is 2.23. The molecule has 9 heteroatoms. The maximum Gasteiger partial charge on any atom is 0.262 e. The normalized spacial score (nSPS) is 18.7. The van der Waals surface area contributed by atoms with E-state index in [-0.39, 0.29) is 10.8 Å². The zero-order valence-electron chi connectivity index (χ0n) is 15.7. The number of ether oxygens (including phenoxy) is 3. The molecule has 154 valence electrons. The molecule has 2 heterocycles. The third-order valence-corrected chi connectivity index (χ3v) is 6.04. The molecule has 1 atom stereocenters. The lowest BCUT2D eigenvalue weighted by Gasteiger charge is -2.13. The SMILES string of the molecule is O=C(Nc1ccc(NS(=O)(=O)c2ccc3c(c2)OCCCO3)cc1)[C@H]1CCCO1. The van der Waals surface area contributed by atoms with Gasteiger partial charge in [0.05, 0.1) is 18.1 Å². The van der Waals surface area contributed by atoms with Gasteiger partial charge in [-0.25, -0.2) is 8.42 Å². The van der Waals surface area contributed by atoms with E-state index in [1.807, 2.05) is 0 Å². The Morgan fingerprint density at radius 1 is 0.897 bits per heavy atom. The molecule has 2 aliphatic rings. The number of sulfonamides is 1. The first-order valence-corrected chi connectivity index (χ1v) is 10.9. The zero-order valence-corrected chi connectivity index (χ0v) is 16.5. The standard InChI is InChI=1S/C20H22N2O6S/c23-20(18-3-1-10-27-18)21-14-4-6-15(7-5-14)22-29(24,25)16-8-9-17-19(13-16)28-12-2-11-26-17/h4-9,13,18,22H,1-3,10-12H2,(H,21,23)/t18-/m1/s1. The van der Waals surface area contributed by atoms with Gasteiger partial charge in [0.15, 0.2) is 11.5 Å². The summed E-state index contributed by atoms with van der Waals surface area (Å²) < 4.78 is 44.4. The molecule has 0 unspecified atom stereocenters. The predicted molar refractivity (Wildman–Crippen MR) is 107 cm³/mol. The van der Waals surface area contributed by atoms with Crippen LogP contribution in [-0.2, 0) is 19.6 Å². The molecule has 1 amide bonds. The fourth-order valence-electron chi connectivity index (χ4n) is 3.15. The Kier molecular flexibility index (Phi) is 5.59. The minimum absolute atomic E-state index is 0.0810. The molecule has 0 spiro atoms.